The lowest BCUT2D eigenvalue weighted by Gasteiger charge is -2.38. The third-order valence-electron chi connectivity index (χ3n) is 7.87. The zero-order valence-corrected chi connectivity index (χ0v) is 25.8. The van der Waals surface area contributed by atoms with Gasteiger partial charge in [0.25, 0.3) is 16.1 Å². The van der Waals surface area contributed by atoms with Crippen LogP contribution in [0.25, 0.3) is 0 Å². The summed E-state index contributed by atoms with van der Waals surface area (Å²) in [7, 11) is -3.81. The van der Waals surface area contributed by atoms with E-state index in [-0.39, 0.29) is 49.5 Å². The van der Waals surface area contributed by atoms with Crippen LogP contribution in [-0.2, 0) is 26.2 Å². The molecule has 2 aliphatic heterocycles. The highest BCUT2D eigenvalue weighted by Crippen LogP contribution is 2.31. The van der Waals surface area contributed by atoms with Crippen molar-refractivity contribution in [2.45, 2.75) is 52.0 Å². The summed E-state index contributed by atoms with van der Waals surface area (Å²) in [5.41, 5.74) is 1.73. The third-order valence-corrected chi connectivity index (χ3v) is 9.91. The number of pyridine rings is 1. The topological polar surface area (TPSA) is 153 Å². The normalized spacial score (nSPS) is 22.1. The first-order chi connectivity index (χ1) is 20.5. The van der Waals surface area contributed by atoms with Crippen molar-refractivity contribution in [2.24, 2.45) is 5.41 Å². The predicted octanol–water partition coefficient (Wildman–Crippen LogP) is 1.53. The fourth-order valence-corrected chi connectivity index (χ4v) is 6.78. The van der Waals surface area contributed by atoms with E-state index in [1.54, 1.807) is 12.1 Å². The van der Waals surface area contributed by atoms with E-state index in [1.807, 2.05) is 30.3 Å². The van der Waals surface area contributed by atoms with Crippen LogP contribution in [0.2, 0.25) is 0 Å². The molecular weight excluding hydrogens is 570 g/mol. The van der Waals surface area contributed by atoms with Crippen molar-refractivity contribution >= 4 is 33.6 Å². The number of hydrogen-bond donors (Lipinski definition) is 4. The predicted molar refractivity (Wildman–Crippen MR) is 164 cm³/mol. The minimum absolute atomic E-state index is 0.0368. The van der Waals surface area contributed by atoms with Crippen molar-refractivity contribution in [1.82, 2.24) is 29.5 Å². The van der Waals surface area contributed by atoms with Gasteiger partial charge in [-0.3, -0.25) is 19.4 Å². The van der Waals surface area contributed by atoms with Gasteiger partial charge in [0, 0.05) is 70.5 Å². The molecule has 0 unspecified atom stereocenters. The number of aromatic nitrogens is 1. The van der Waals surface area contributed by atoms with Gasteiger partial charge in [0.05, 0.1) is 0 Å². The number of piperidine rings is 1. The smallest absolute Gasteiger partial charge is 0.282 e. The second-order valence-electron chi connectivity index (χ2n) is 11.8. The van der Waals surface area contributed by atoms with Gasteiger partial charge in [0.2, 0.25) is 11.8 Å². The van der Waals surface area contributed by atoms with Crippen LogP contribution in [0.4, 0.5) is 5.69 Å². The maximum absolute atomic E-state index is 13.7. The van der Waals surface area contributed by atoms with E-state index in [0.717, 1.165) is 18.4 Å². The molecule has 1 fully saturated rings. The van der Waals surface area contributed by atoms with Crippen LogP contribution in [-0.4, -0.2) is 91.6 Å². The monoisotopic (exact) mass is 613 g/mol. The molecular formula is C30H43N7O5S. The van der Waals surface area contributed by atoms with E-state index >= 15 is 0 Å². The first-order valence-corrected chi connectivity index (χ1v) is 16.3. The molecule has 1 atom stereocenters. The maximum Gasteiger partial charge on any atom is 0.282 e. The molecule has 12 nitrogen and oxygen atoms in total. The molecule has 3 amide bonds. The Labute approximate surface area is 254 Å². The summed E-state index contributed by atoms with van der Waals surface area (Å²) in [4.78, 5) is 43.2. The zero-order valence-electron chi connectivity index (χ0n) is 25.0. The number of nitrogens with one attached hydrogen (secondary N) is 4. The van der Waals surface area contributed by atoms with Crippen molar-refractivity contribution in [1.29, 1.82) is 0 Å². The Balaban J connectivity index is 1.53. The van der Waals surface area contributed by atoms with Crippen LogP contribution in [0.1, 0.15) is 55.6 Å². The molecule has 234 valence electrons. The summed E-state index contributed by atoms with van der Waals surface area (Å²) in [5, 5.41) is 11.6. The molecule has 0 spiro atoms. The average Bonchev–Trinajstić information content (AvgIpc) is 2.98. The van der Waals surface area contributed by atoms with Crippen molar-refractivity contribution in [3.05, 3.63) is 59.9 Å². The highest BCUT2D eigenvalue weighted by Gasteiger charge is 2.35. The van der Waals surface area contributed by atoms with Crippen molar-refractivity contribution in [3.63, 3.8) is 0 Å². The molecule has 3 heterocycles. The van der Waals surface area contributed by atoms with Crippen LogP contribution in [0.5, 0.6) is 0 Å². The molecule has 4 rings (SSSR count). The van der Waals surface area contributed by atoms with E-state index < -0.39 is 28.1 Å². The Morgan fingerprint density at radius 2 is 1.58 bits per heavy atom. The van der Waals surface area contributed by atoms with Crippen LogP contribution < -0.4 is 21.3 Å². The van der Waals surface area contributed by atoms with E-state index in [4.69, 9.17) is 0 Å². The fourth-order valence-electron chi connectivity index (χ4n) is 5.12. The lowest BCUT2D eigenvalue weighted by molar-refractivity contribution is -0.123. The minimum atomic E-state index is -3.81. The molecule has 4 N–H and O–H groups in total. The first kappa shape index (κ1) is 32.4. The Hall–Kier alpha value is -3.55. The van der Waals surface area contributed by atoms with Crippen molar-refractivity contribution in [2.75, 3.05) is 51.1 Å². The Morgan fingerprint density at radius 1 is 0.884 bits per heavy atom. The number of fused-ring (bicyclic) bond motifs is 2. The summed E-state index contributed by atoms with van der Waals surface area (Å²) in [6, 6.07) is 11.7. The number of carbonyl (C=O) groups is 3. The molecule has 1 saturated heterocycles. The van der Waals surface area contributed by atoms with E-state index in [0.29, 0.717) is 38.3 Å². The van der Waals surface area contributed by atoms with Gasteiger partial charge in [-0.2, -0.15) is 17.0 Å². The number of benzene rings is 1. The summed E-state index contributed by atoms with van der Waals surface area (Å²) in [5.74, 6) is -1.12. The summed E-state index contributed by atoms with van der Waals surface area (Å²) >= 11 is 0. The van der Waals surface area contributed by atoms with Gasteiger partial charge in [-0.25, -0.2) is 0 Å². The summed E-state index contributed by atoms with van der Waals surface area (Å²) in [6.07, 6.45) is 3.77. The maximum atomic E-state index is 13.7. The number of rotatable bonds is 4. The number of nitrogens with zero attached hydrogens (tertiary/aromatic N) is 3. The zero-order chi connectivity index (χ0) is 30.9. The number of anilines is 1. The number of carbonyl (C=O) groups excluding carboxylic acids is 3. The second kappa shape index (κ2) is 14.8. The van der Waals surface area contributed by atoms with Gasteiger partial charge in [-0.15, -0.1) is 0 Å². The fraction of sp³-hybridized carbons (Fsp3) is 0.533. The lowest BCUT2D eigenvalue weighted by atomic mass is 9.83. The summed E-state index contributed by atoms with van der Waals surface area (Å²) < 4.78 is 30.2. The third kappa shape index (κ3) is 9.47. The van der Waals surface area contributed by atoms with Crippen LogP contribution >= 0.6 is 0 Å². The molecule has 1 aromatic carbocycles. The Kier molecular flexibility index (Phi) is 11.1. The first-order valence-electron chi connectivity index (χ1n) is 14.9. The van der Waals surface area contributed by atoms with Crippen molar-refractivity contribution in [3.8, 4) is 0 Å². The van der Waals surface area contributed by atoms with Gasteiger partial charge < -0.3 is 21.3 Å². The molecule has 2 aliphatic rings. The van der Waals surface area contributed by atoms with Crippen LogP contribution in [0.15, 0.2) is 48.7 Å². The number of hydrogen-bond acceptors (Lipinski definition) is 7. The number of amides is 3. The summed E-state index contributed by atoms with van der Waals surface area (Å²) in [6.45, 7) is 6.11. The van der Waals surface area contributed by atoms with E-state index in [2.05, 4.69) is 40.1 Å². The van der Waals surface area contributed by atoms with Crippen LogP contribution in [0.3, 0.4) is 0 Å². The highest BCUT2D eigenvalue weighted by molar-refractivity contribution is 7.86. The highest BCUT2D eigenvalue weighted by atomic mass is 32.2. The minimum Gasteiger partial charge on any atom is -0.383 e. The molecule has 0 saturated carbocycles. The van der Waals surface area contributed by atoms with E-state index in [9.17, 15) is 22.8 Å². The largest absolute Gasteiger partial charge is 0.383 e. The van der Waals surface area contributed by atoms with Gasteiger partial charge in [0.15, 0.2) is 0 Å². The molecule has 13 heteroatoms. The van der Waals surface area contributed by atoms with Gasteiger partial charge in [-0.1, -0.05) is 44.2 Å². The van der Waals surface area contributed by atoms with Gasteiger partial charge in [-0.05, 0) is 42.4 Å². The standard InChI is InChI=1S/C30H43N7O5S/c1-30(2)11-18-37(19-12-30)43(41,42)36-17-6-9-27(38)33-15-14-31-24-10-13-32-25(22-24)29(40)35-26(28(39)34-16-20-36)21-23-7-4-3-5-8-23/h3-5,7-8,10,13,22,26,31H,6,9,11-12,14-21H2,1-2H3,(H,33,38)(H,34,39)(H,35,40)/t26-/m0/s1. The quantitative estimate of drug-likeness (QED) is 0.408. The Bertz CT molecular complexity index is 1360. The molecule has 2 bridgehead atoms. The lowest BCUT2D eigenvalue weighted by Crippen LogP contribution is -2.52. The van der Waals surface area contributed by atoms with Gasteiger partial charge >= 0.3 is 0 Å². The SMILES string of the molecule is CC1(C)CCN(S(=O)(=O)N2CCCC(=O)NCCNc3ccnc(c3)C(=O)N[C@@H](Cc3ccccc3)C(=O)NCC2)CC1. The molecule has 0 radical (unpaired) electrons. The Morgan fingerprint density at radius 3 is 2.33 bits per heavy atom. The molecule has 2 aromatic rings. The molecule has 1 aromatic heterocycles. The van der Waals surface area contributed by atoms with Crippen molar-refractivity contribution < 1.29 is 22.8 Å². The molecule has 0 aliphatic carbocycles. The average molecular weight is 614 g/mol. The van der Waals surface area contributed by atoms with Crippen LogP contribution in [0, 0.1) is 5.41 Å². The second-order valence-corrected chi connectivity index (χ2v) is 13.7. The van der Waals surface area contributed by atoms with E-state index in [1.165, 1.54) is 14.8 Å². The van der Waals surface area contributed by atoms with Gasteiger partial charge in [0.1, 0.15) is 11.7 Å². The molecule has 43 heavy (non-hydrogen) atoms.